The molecular formula is C16H10BrF4N3O2. The summed E-state index contributed by atoms with van der Waals surface area (Å²) < 4.78 is 56.3. The molecule has 0 bridgehead atoms. The van der Waals surface area contributed by atoms with Gasteiger partial charge in [0.2, 0.25) is 0 Å². The first kappa shape index (κ1) is 18.2. The number of carbonyl (C=O) groups excluding carboxylic acids is 1. The monoisotopic (exact) mass is 431 g/mol. The number of alkyl halides is 3. The van der Waals surface area contributed by atoms with E-state index in [-0.39, 0.29) is 16.8 Å². The summed E-state index contributed by atoms with van der Waals surface area (Å²) in [6, 6.07) is 7.40. The number of benzene rings is 2. The summed E-state index contributed by atoms with van der Waals surface area (Å²) in [7, 11) is 1.56. The molecule has 0 unspecified atom stereocenters. The number of hydrogen-bond acceptors (Lipinski definition) is 3. The quantitative estimate of drug-likeness (QED) is 0.615. The number of ether oxygens (including phenoxy) is 1. The third kappa shape index (κ3) is 3.79. The molecule has 1 amide bonds. The van der Waals surface area contributed by atoms with Crippen molar-refractivity contribution in [2.45, 2.75) is 6.36 Å². The Morgan fingerprint density at radius 3 is 2.50 bits per heavy atom. The van der Waals surface area contributed by atoms with Crippen LogP contribution in [0.3, 0.4) is 0 Å². The summed E-state index contributed by atoms with van der Waals surface area (Å²) in [5.74, 6) is -1.74. The van der Waals surface area contributed by atoms with Crippen molar-refractivity contribution in [3.8, 4) is 5.75 Å². The lowest BCUT2D eigenvalue weighted by Crippen LogP contribution is -2.17. The summed E-state index contributed by atoms with van der Waals surface area (Å²) in [6.07, 6.45) is -4.80. The molecule has 0 radical (unpaired) electrons. The van der Waals surface area contributed by atoms with E-state index < -0.39 is 23.8 Å². The van der Waals surface area contributed by atoms with Crippen molar-refractivity contribution >= 4 is 38.4 Å². The van der Waals surface area contributed by atoms with Crippen molar-refractivity contribution < 1.29 is 27.1 Å². The van der Waals surface area contributed by atoms with Gasteiger partial charge in [-0.1, -0.05) is 15.9 Å². The van der Waals surface area contributed by atoms with Crippen LogP contribution in [0.25, 0.3) is 10.9 Å². The lowest BCUT2D eigenvalue weighted by molar-refractivity contribution is -0.274. The summed E-state index contributed by atoms with van der Waals surface area (Å²) in [6.45, 7) is 0. The molecular weight excluding hydrogens is 422 g/mol. The number of aryl methyl sites for hydroxylation is 1. The average molecular weight is 432 g/mol. The number of anilines is 1. The second-order valence-corrected chi connectivity index (χ2v) is 6.20. The Kier molecular flexibility index (Phi) is 4.61. The van der Waals surface area contributed by atoms with E-state index in [0.29, 0.717) is 9.99 Å². The molecule has 5 nitrogen and oxygen atoms in total. The molecule has 1 N–H and O–H groups in total. The van der Waals surface area contributed by atoms with Crippen molar-refractivity contribution in [1.29, 1.82) is 0 Å². The molecule has 1 heterocycles. The van der Waals surface area contributed by atoms with Crippen LogP contribution in [0.4, 0.5) is 23.2 Å². The first-order chi connectivity index (χ1) is 12.1. The second-order valence-electron chi connectivity index (χ2n) is 5.28. The highest BCUT2D eigenvalue weighted by molar-refractivity contribution is 9.10. The molecule has 3 rings (SSSR count). The van der Waals surface area contributed by atoms with Crippen LogP contribution >= 0.6 is 15.9 Å². The van der Waals surface area contributed by atoms with Crippen LogP contribution in [0.5, 0.6) is 5.75 Å². The van der Waals surface area contributed by atoms with Crippen LogP contribution < -0.4 is 10.1 Å². The number of rotatable bonds is 3. The number of nitrogens with one attached hydrogen (secondary N) is 1. The molecule has 0 spiro atoms. The van der Waals surface area contributed by atoms with Crippen LogP contribution in [0, 0.1) is 5.82 Å². The summed E-state index contributed by atoms with van der Waals surface area (Å²) in [5.41, 5.74) is 0.486. The number of nitrogens with zero attached hydrogens (tertiary/aromatic N) is 2. The fourth-order valence-corrected chi connectivity index (χ4v) is 2.81. The second kappa shape index (κ2) is 6.60. The third-order valence-corrected chi connectivity index (χ3v) is 3.89. The zero-order valence-corrected chi connectivity index (χ0v) is 14.7. The van der Waals surface area contributed by atoms with Crippen LogP contribution in [0.2, 0.25) is 0 Å². The minimum absolute atomic E-state index is 0.0465. The maximum absolute atomic E-state index is 14.2. The molecule has 2 aromatic carbocycles. The highest BCUT2D eigenvalue weighted by Gasteiger charge is 2.31. The van der Waals surface area contributed by atoms with Crippen LogP contribution in [0.15, 0.2) is 40.9 Å². The minimum atomic E-state index is -4.80. The van der Waals surface area contributed by atoms with Gasteiger partial charge in [0.15, 0.2) is 5.69 Å². The zero-order chi connectivity index (χ0) is 19.1. The van der Waals surface area contributed by atoms with Gasteiger partial charge in [-0.05, 0) is 36.4 Å². The van der Waals surface area contributed by atoms with E-state index in [4.69, 9.17) is 0 Å². The zero-order valence-electron chi connectivity index (χ0n) is 13.1. The molecule has 0 aliphatic carbocycles. The highest BCUT2D eigenvalue weighted by atomic mass is 79.9. The van der Waals surface area contributed by atoms with Gasteiger partial charge in [-0.25, -0.2) is 4.39 Å². The van der Waals surface area contributed by atoms with Crippen molar-refractivity contribution in [3.05, 3.63) is 52.4 Å². The highest BCUT2D eigenvalue weighted by Crippen LogP contribution is 2.27. The normalized spacial score (nSPS) is 11.6. The van der Waals surface area contributed by atoms with Crippen molar-refractivity contribution in [1.82, 2.24) is 9.78 Å². The van der Waals surface area contributed by atoms with Gasteiger partial charge in [-0.2, -0.15) is 5.10 Å². The van der Waals surface area contributed by atoms with Gasteiger partial charge in [0.1, 0.15) is 11.6 Å². The lowest BCUT2D eigenvalue weighted by atomic mass is 10.2. The third-order valence-electron chi connectivity index (χ3n) is 3.43. The molecule has 136 valence electrons. The molecule has 1 aromatic heterocycles. The molecule has 26 heavy (non-hydrogen) atoms. The van der Waals surface area contributed by atoms with Gasteiger partial charge >= 0.3 is 6.36 Å². The largest absolute Gasteiger partial charge is 0.573 e. The maximum Gasteiger partial charge on any atom is 0.573 e. The van der Waals surface area contributed by atoms with E-state index >= 15 is 0 Å². The van der Waals surface area contributed by atoms with Gasteiger partial charge in [0.25, 0.3) is 5.91 Å². The van der Waals surface area contributed by atoms with Crippen LogP contribution in [-0.4, -0.2) is 22.1 Å². The van der Waals surface area contributed by atoms with E-state index in [0.717, 1.165) is 12.1 Å². The van der Waals surface area contributed by atoms with Gasteiger partial charge in [0.05, 0.1) is 10.9 Å². The SMILES string of the molecule is Cn1nc(C(=O)Nc2ccc(OC(F)(F)F)cc2)c2c(F)cc(Br)cc21. The topological polar surface area (TPSA) is 56.2 Å². The Morgan fingerprint density at radius 1 is 1.23 bits per heavy atom. The van der Waals surface area contributed by atoms with Gasteiger partial charge in [0, 0.05) is 17.2 Å². The number of halogens is 5. The van der Waals surface area contributed by atoms with Crippen molar-refractivity contribution in [3.63, 3.8) is 0 Å². The molecule has 0 atom stereocenters. The van der Waals surface area contributed by atoms with E-state index in [1.807, 2.05) is 0 Å². The Morgan fingerprint density at radius 2 is 1.88 bits per heavy atom. The maximum atomic E-state index is 14.2. The Bertz CT molecular complexity index is 984. The first-order valence-corrected chi connectivity index (χ1v) is 7.92. The van der Waals surface area contributed by atoms with E-state index in [9.17, 15) is 22.4 Å². The van der Waals surface area contributed by atoms with E-state index in [2.05, 4.69) is 31.1 Å². The first-order valence-electron chi connectivity index (χ1n) is 7.13. The van der Waals surface area contributed by atoms with Gasteiger partial charge in [-0.15, -0.1) is 13.2 Å². The molecule has 3 aromatic rings. The van der Waals surface area contributed by atoms with Crippen molar-refractivity contribution in [2.75, 3.05) is 5.32 Å². The molecule has 0 saturated heterocycles. The molecule has 0 saturated carbocycles. The predicted octanol–water partition coefficient (Wildman–Crippen LogP) is 4.63. The molecule has 0 aliphatic heterocycles. The molecule has 0 aliphatic rings. The van der Waals surface area contributed by atoms with Crippen molar-refractivity contribution in [2.24, 2.45) is 7.05 Å². The smallest absolute Gasteiger partial charge is 0.406 e. The fraction of sp³-hybridized carbons (Fsp3) is 0.125. The summed E-state index contributed by atoms with van der Waals surface area (Å²) in [5, 5.41) is 6.54. The van der Waals surface area contributed by atoms with E-state index in [1.165, 1.54) is 22.9 Å². The number of hydrogen-bond donors (Lipinski definition) is 1. The molecule has 0 fully saturated rings. The Hall–Kier alpha value is -2.62. The number of carbonyl (C=O) groups is 1. The van der Waals surface area contributed by atoms with Crippen LogP contribution in [0.1, 0.15) is 10.5 Å². The number of amides is 1. The summed E-state index contributed by atoms with van der Waals surface area (Å²) >= 11 is 3.17. The van der Waals surface area contributed by atoms with Gasteiger partial charge in [-0.3, -0.25) is 9.48 Å². The standard InChI is InChI=1S/C16H10BrF4N3O2/c1-24-12-7-8(17)6-11(18)13(12)14(23-24)15(25)22-9-2-4-10(5-3-9)26-16(19,20)21/h2-7H,1H3,(H,22,25). The van der Waals surface area contributed by atoms with Gasteiger partial charge < -0.3 is 10.1 Å². The number of aromatic nitrogens is 2. The minimum Gasteiger partial charge on any atom is -0.406 e. The van der Waals surface area contributed by atoms with E-state index in [1.54, 1.807) is 13.1 Å². The lowest BCUT2D eigenvalue weighted by Gasteiger charge is -2.09. The molecule has 10 heteroatoms. The predicted molar refractivity (Wildman–Crippen MR) is 89.5 cm³/mol. The number of fused-ring (bicyclic) bond motifs is 1. The fourth-order valence-electron chi connectivity index (χ4n) is 2.39. The summed E-state index contributed by atoms with van der Waals surface area (Å²) in [4.78, 5) is 12.4. The Labute approximate surface area is 152 Å². The Balaban J connectivity index is 1.86. The van der Waals surface area contributed by atoms with Crippen LogP contribution in [-0.2, 0) is 7.05 Å². The average Bonchev–Trinajstić information content (AvgIpc) is 2.85.